The maximum Gasteiger partial charge on any atom is 0.407 e. The van der Waals surface area contributed by atoms with Gasteiger partial charge in [-0.25, -0.2) is 17.9 Å². The summed E-state index contributed by atoms with van der Waals surface area (Å²) in [6.45, 7) is 9.10. The zero-order chi connectivity index (χ0) is 18.8. The van der Waals surface area contributed by atoms with Crippen LogP contribution in [-0.2, 0) is 14.8 Å². The minimum Gasteiger partial charge on any atom is -0.444 e. The largest absolute Gasteiger partial charge is 0.444 e. The first-order valence-corrected chi connectivity index (χ1v) is 10.9. The summed E-state index contributed by atoms with van der Waals surface area (Å²) in [5, 5.41) is 2.83. The lowest BCUT2D eigenvalue weighted by atomic mass is 9.91. The van der Waals surface area contributed by atoms with E-state index in [0.29, 0.717) is 11.3 Å². The minimum atomic E-state index is -3.61. The summed E-state index contributed by atoms with van der Waals surface area (Å²) in [6.07, 6.45) is 2.80. The number of rotatable bonds is 4. The Hall–Kier alpha value is -1.12. The second-order valence-corrected chi connectivity index (χ2v) is 10.7. The fourth-order valence-electron chi connectivity index (χ4n) is 3.04. The number of nitrogens with one attached hydrogen (secondary N) is 2. The van der Waals surface area contributed by atoms with Crippen LogP contribution in [-0.4, -0.2) is 32.2 Å². The van der Waals surface area contributed by atoms with E-state index >= 15 is 0 Å². The molecule has 1 amide bonds. The van der Waals surface area contributed by atoms with E-state index in [1.54, 1.807) is 26.8 Å². The minimum absolute atomic E-state index is 0.265. The van der Waals surface area contributed by atoms with Crippen LogP contribution in [0.4, 0.5) is 4.79 Å². The summed E-state index contributed by atoms with van der Waals surface area (Å²) in [4.78, 5) is 14.1. The van der Waals surface area contributed by atoms with Gasteiger partial charge in [0.15, 0.2) is 0 Å². The fourth-order valence-corrected chi connectivity index (χ4v) is 5.91. The van der Waals surface area contributed by atoms with Crippen molar-refractivity contribution in [1.82, 2.24) is 10.0 Å². The summed E-state index contributed by atoms with van der Waals surface area (Å²) in [6, 6.07) is 1.10. The zero-order valence-corrected chi connectivity index (χ0v) is 17.1. The Labute approximate surface area is 154 Å². The van der Waals surface area contributed by atoms with E-state index in [9.17, 15) is 13.2 Å². The third-order valence-corrected chi connectivity index (χ3v) is 6.77. The molecule has 1 saturated carbocycles. The van der Waals surface area contributed by atoms with Crippen LogP contribution >= 0.6 is 11.3 Å². The second-order valence-electron chi connectivity index (χ2n) is 7.54. The van der Waals surface area contributed by atoms with Crippen LogP contribution in [0.25, 0.3) is 0 Å². The Balaban J connectivity index is 2.10. The predicted molar refractivity (Wildman–Crippen MR) is 99.5 cm³/mol. The van der Waals surface area contributed by atoms with Crippen LogP contribution in [0.15, 0.2) is 11.0 Å². The molecule has 0 aromatic carbocycles. The van der Waals surface area contributed by atoms with Crippen molar-refractivity contribution in [3.8, 4) is 0 Å². The molecule has 8 heteroatoms. The number of alkyl carbamates (subject to hydrolysis) is 1. The highest BCUT2D eigenvalue weighted by atomic mass is 32.2. The molecule has 0 unspecified atom stereocenters. The Morgan fingerprint density at radius 2 is 1.80 bits per heavy atom. The first-order chi connectivity index (χ1) is 11.5. The smallest absolute Gasteiger partial charge is 0.407 e. The van der Waals surface area contributed by atoms with Gasteiger partial charge in [0.2, 0.25) is 10.0 Å². The van der Waals surface area contributed by atoms with E-state index in [0.717, 1.165) is 29.0 Å². The Morgan fingerprint density at radius 1 is 1.20 bits per heavy atom. The highest BCUT2D eigenvalue weighted by Crippen LogP contribution is 2.27. The molecule has 0 aliphatic heterocycles. The van der Waals surface area contributed by atoms with Crippen molar-refractivity contribution >= 4 is 27.5 Å². The molecule has 1 heterocycles. The molecule has 1 aromatic heterocycles. The molecular formula is C17H28N2O4S2. The van der Waals surface area contributed by atoms with Crippen molar-refractivity contribution in [3.63, 3.8) is 0 Å². The van der Waals surface area contributed by atoms with Gasteiger partial charge in [-0.3, -0.25) is 0 Å². The van der Waals surface area contributed by atoms with Crippen LogP contribution in [0.2, 0.25) is 0 Å². The van der Waals surface area contributed by atoms with Crippen molar-refractivity contribution in [2.24, 2.45) is 0 Å². The van der Waals surface area contributed by atoms with Crippen LogP contribution in [0.3, 0.4) is 0 Å². The molecule has 0 spiro atoms. The maximum absolute atomic E-state index is 12.7. The molecule has 25 heavy (non-hydrogen) atoms. The number of thiophene rings is 1. The van der Waals surface area contributed by atoms with Gasteiger partial charge in [0.1, 0.15) is 5.60 Å². The van der Waals surface area contributed by atoms with E-state index < -0.39 is 21.7 Å². The van der Waals surface area contributed by atoms with Gasteiger partial charge in [0, 0.05) is 21.8 Å². The van der Waals surface area contributed by atoms with E-state index in [-0.39, 0.29) is 12.1 Å². The van der Waals surface area contributed by atoms with Crippen LogP contribution < -0.4 is 10.0 Å². The van der Waals surface area contributed by atoms with Crippen LogP contribution in [0.5, 0.6) is 0 Å². The van der Waals surface area contributed by atoms with Crippen molar-refractivity contribution in [3.05, 3.63) is 15.8 Å². The van der Waals surface area contributed by atoms with Crippen molar-refractivity contribution < 1.29 is 17.9 Å². The maximum atomic E-state index is 12.7. The number of aryl methyl sites for hydroxylation is 2. The monoisotopic (exact) mass is 388 g/mol. The molecule has 1 fully saturated rings. The SMILES string of the molecule is Cc1cc(S(=O)(=O)N[C@H]2CCCC[C@@H]2NC(=O)OC(C)(C)C)c(C)s1. The molecular weight excluding hydrogens is 360 g/mol. The lowest BCUT2D eigenvalue weighted by Crippen LogP contribution is -2.53. The molecule has 1 aliphatic rings. The quantitative estimate of drug-likeness (QED) is 0.827. The average Bonchev–Trinajstić information content (AvgIpc) is 2.78. The summed E-state index contributed by atoms with van der Waals surface area (Å²) in [7, 11) is -3.61. The van der Waals surface area contributed by atoms with E-state index in [1.165, 1.54) is 11.3 Å². The average molecular weight is 389 g/mol. The van der Waals surface area contributed by atoms with Gasteiger partial charge in [-0.1, -0.05) is 12.8 Å². The summed E-state index contributed by atoms with van der Waals surface area (Å²) in [5.41, 5.74) is -0.584. The number of carbonyl (C=O) groups excluding carboxylic acids is 1. The van der Waals surface area contributed by atoms with Gasteiger partial charge < -0.3 is 10.1 Å². The van der Waals surface area contributed by atoms with Gasteiger partial charge in [-0.15, -0.1) is 11.3 Å². The van der Waals surface area contributed by atoms with Gasteiger partial charge in [0.25, 0.3) is 0 Å². The Morgan fingerprint density at radius 3 is 2.32 bits per heavy atom. The predicted octanol–water partition coefficient (Wildman–Crippen LogP) is 3.48. The van der Waals surface area contributed by atoms with E-state index in [1.807, 2.05) is 13.8 Å². The van der Waals surface area contributed by atoms with Gasteiger partial charge in [-0.05, 0) is 53.5 Å². The van der Waals surface area contributed by atoms with Gasteiger partial charge >= 0.3 is 6.09 Å². The molecule has 1 aliphatic carbocycles. The Kier molecular flexibility index (Phi) is 6.17. The second kappa shape index (κ2) is 7.63. The standard InChI is InChI=1S/C17H28N2O4S2/c1-11-10-15(12(2)24-11)25(21,22)19-14-9-7-6-8-13(14)18-16(20)23-17(3,4)5/h10,13-14,19H,6-9H2,1-5H3,(H,18,20)/t13-,14-/m0/s1. The Bertz CT molecular complexity index is 719. The molecule has 6 nitrogen and oxygen atoms in total. The van der Waals surface area contributed by atoms with Crippen LogP contribution in [0.1, 0.15) is 56.2 Å². The molecule has 1 aromatic rings. The number of hydrogen-bond donors (Lipinski definition) is 2. The third kappa shape index (κ3) is 5.69. The molecule has 0 saturated heterocycles. The number of sulfonamides is 1. The third-order valence-electron chi connectivity index (χ3n) is 4.06. The van der Waals surface area contributed by atoms with Gasteiger partial charge in [-0.2, -0.15) is 0 Å². The molecule has 0 bridgehead atoms. The molecule has 2 rings (SSSR count). The van der Waals surface area contributed by atoms with E-state index in [2.05, 4.69) is 10.0 Å². The summed E-state index contributed by atoms with van der Waals surface area (Å²) < 4.78 is 33.6. The van der Waals surface area contributed by atoms with Crippen molar-refractivity contribution in [1.29, 1.82) is 0 Å². The first-order valence-electron chi connectivity index (χ1n) is 8.57. The normalized spacial score (nSPS) is 21.8. The molecule has 2 atom stereocenters. The molecule has 0 radical (unpaired) electrons. The highest BCUT2D eigenvalue weighted by molar-refractivity contribution is 7.89. The van der Waals surface area contributed by atoms with Crippen molar-refractivity contribution in [2.45, 2.75) is 82.9 Å². The summed E-state index contributed by atoms with van der Waals surface area (Å²) >= 11 is 1.47. The fraction of sp³-hybridized carbons (Fsp3) is 0.706. The number of ether oxygens (including phenoxy) is 1. The van der Waals surface area contributed by atoms with Gasteiger partial charge in [0.05, 0.1) is 4.90 Å². The zero-order valence-electron chi connectivity index (χ0n) is 15.5. The number of amides is 1. The first kappa shape index (κ1) is 20.2. The van der Waals surface area contributed by atoms with E-state index in [4.69, 9.17) is 4.74 Å². The lowest BCUT2D eigenvalue weighted by molar-refractivity contribution is 0.0483. The highest BCUT2D eigenvalue weighted by Gasteiger charge is 2.32. The summed E-state index contributed by atoms with van der Waals surface area (Å²) in [5.74, 6) is 0. The van der Waals surface area contributed by atoms with Crippen LogP contribution in [0, 0.1) is 13.8 Å². The number of hydrogen-bond acceptors (Lipinski definition) is 5. The van der Waals surface area contributed by atoms with Crippen molar-refractivity contribution in [2.75, 3.05) is 0 Å². The molecule has 2 N–H and O–H groups in total. The topological polar surface area (TPSA) is 84.5 Å². The molecule has 142 valence electrons. The lowest BCUT2D eigenvalue weighted by Gasteiger charge is -2.33. The number of carbonyl (C=O) groups is 1.